The Kier molecular flexibility index (Phi) is 8.98. The number of amides is 2. The smallest absolute Gasteiger partial charge is 0.252 e. The summed E-state index contributed by atoms with van der Waals surface area (Å²) in [5.41, 5.74) is 2.02. The molecule has 5 nitrogen and oxygen atoms in total. The molecule has 0 radical (unpaired) electrons. The van der Waals surface area contributed by atoms with Gasteiger partial charge in [-0.05, 0) is 50.8 Å². The number of benzene rings is 2. The Balaban J connectivity index is 1.46. The van der Waals surface area contributed by atoms with Crippen molar-refractivity contribution in [3.63, 3.8) is 0 Å². The highest BCUT2D eigenvalue weighted by Crippen LogP contribution is 2.23. The van der Waals surface area contributed by atoms with Gasteiger partial charge in [0.15, 0.2) is 0 Å². The number of thioether (sulfide) groups is 1. The van der Waals surface area contributed by atoms with Gasteiger partial charge in [0, 0.05) is 36.6 Å². The molecule has 1 heterocycles. The summed E-state index contributed by atoms with van der Waals surface area (Å²) in [7, 11) is 0. The van der Waals surface area contributed by atoms with Crippen LogP contribution in [0.3, 0.4) is 0 Å². The fourth-order valence-electron chi connectivity index (χ4n) is 3.78. The molecule has 0 unspecified atom stereocenters. The molecule has 0 bridgehead atoms. The van der Waals surface area contributed by atoms with Crippen molar-refractivity contribution in [2.24, 2.45) is 0 Å². The van der Waals surface area contributed by atoms with E-state index in [1.807, 2.05) is 38.1 Å². The van der Waals surface area contributed by atoms with Crippen molar-refractivity contribution in [2.75, 3.05) is 25.4 Å². The molecule has 166 valence electrons. The lowest BCUT2D eigenvalue weighted by molar-refractivity contribution is -0.119. The first-order valence-corrected chi connectivity index (χ1v) is 12.1. The summed E-state index contributed by atoms with van der Waals surface area (Å²) >= 11 is 1.41. The maximum Gasteiger partial charge on any atom is 0.252 e. The molecule has 31 heavy (non-hydrogen) atoms. The summed E-state index contributed by atoms with van der Waals surface area (Å²) in [6.45, 7) is 6.95. The number of carbonyl (C=O) groups excluding carboxylic acids is 2. The van der Waals surface area contributed by atoms with Crippen LogP contribution < -0.4 is 10.6 Å². The molecule has 1 saturated heterocycles. The zero-order valence-electron chi connectivity index (χ0n) is 18.5. The average Bonchev–Trinajstić information content (AvgIpc) is 2.77. The predicted molar refractivity (Wildman–Crippen MR) is 128 cm³/mol. The van der Waals surface area contributed by atoms with E-state index in [-0.39, 0.29) is 23.9 Å². The van der Waals surface area contributed by atoms with Gasteiger partial charge in [-0.25, -0.2) is 0 Å². The Hall–Kier alpha value is -2.31. The van der Waals surface area contributed by atoms with Crippen molar-refractivity contribution < 1.29 is 9.59 Å². The fraction of sp³-hybridized carbons (Fsp3) is 0.440. The Labute approximate surface area is 190 Å². The molecule has 2 aromatic rings. The van der Waals surface area contributed by atoms with E-state index in [0.29, 0.717) is 11.3 Å². The van der Waals surface area contributed by atoms with Crippen LogP contribution in [0.15, 0.2) is 59.5 Å². The van der Waals surface area contributed by atoms with Crippen molar-refractivity contribution in [3.05, 3.63) is 65.7 Å². The minimum Gasteiger partial charge on any atom is -0.353 e. The Morgan fingerprint density at radius 2 is 1.71 bits per heavy atom. The molecular formula is C25H33N3O2S. The largest absolute Gasteiger partial charge is 0.353 e. The van der Waals surface area contributed by atoms with Crippen molar-refractivity contribution in [3.8, 4) is 0 Å². The van der Waals surface area contributed by atoms with E-state index >= 15 is 0 Å². The number of nitrogens with zero attached hydrogens (tertiary/aromatic N) is 1. The van der Waals surface area contributed by atoms with E-state index in [4.69, 9.17) is 0 Å². The summed E-state index contributed by atoms with van der Waals surface area (Å²) in [5, 5.41) is 6.10. The summed E-state index contributed by atoms with van der Waals surface area (Å²) < 4.78 is 0. The molecule has 1 aliphatic heterocycles. The fourth-order valence-corrected chi connectivity index (χ4v) is 4.64. The highest BCUT2D eigenvalue weighted by Gasteiger charge is 2.22. The van der Waals surface area contributed by atoms with Crippen LogP contribution in [0, 0.1) is 0 Å². The third kappa shape index (κ3) is 7.71. The molecule has 0 saturated carbocycles. The third-order valence-corrected chi connectivity index (χ3v) is 6.50. The molecule has 1 aliphatic rings. The van der Waals surface area contributed by atoms with Crippen LogP contribution in [0.25, 0.3) is 0 Å². The van der Waals surface area contributed by atoms with E-state index < -0.39 is 0 Å². The van der Waals surface area contributed by atoms with Crippen molar-refractivity contribution >= 4 is 23.6 Å². The number of hydrogen-bond donors (Lipinski definition) is 2. The lowest BCUT2D eigenvalue weighted by atomic mass is 10.0. The standard InChI is InChI=1S/C25H33N3O2S/c1-19(2)26-24(29)18-31-23-11-7-6-10-22(23)25(30)27-21-13-16-28(17-14-21)15-12-20-8-4-3-5-9-20/h3-11,19,21H,12-18H2,1-2H3,(H,26,29)(H,27,30). The van der Waals surface area contributed by atoms with E-state index in [1.165, 1.54) is 17.3 Å². The van der Waals surface area contributed by atoms with E-state index in [0.717, 1.165) is 43.8 Å². The highest BCUT2D eigenvalue weighted by molar-refractivity contribution is 8.00. The SMILES string of the molecule is CC(C)NC(=O)CSc1ccccc1C(=O)NC1CCN(CCc2ccccc2)CC1. The van der Waals surface area contributed by atoms with Crippen LogP contribution in [0.4, 0.5) is 0 Å². The molecular weight excluding hydrogens is 406 g/mol. The topological polar surface area (TPSA) is 61.4 Å². The minimum atomic E-state index is -0.0462. The summed E-state index contributed by atoms with van der Waals surface area (Å²) in [6, 6.07) is 18.4. The minimum absolute atomic E-state index is 0.0157. The second-order valence-corrected chi connectivity index (χ2v) is 9.35. The van der Waals surface area contributed by atoms with Gasteiger partial charge in [0.1, 0.15) is 0 Å². The first-order valence-electron chi connectivity index (χ1n) is 11.1. The van der Waals surface area contributed by atoms with Crippen LogP contribution in [-0.2, 0) is 11.2 Å². The van der Waals surface area contributed by atoms with E-state index in [2.05, 4.69) is 45.9 Å². The third-order valence-electron chi connectivity index (χ3n) is 5.42. The number of rotatable bonds is 9. The van der Waals surface area contributed by atoms with Gasteiger partial charge in [0.2, 0.25) is 5.91 Å². The molecule has 3 rings (SSSR count). The molecule has 0 aliphatic carbocycles. The molecule has 0 spiro atoms. The number of piperidine rings is 1. The zero-order chi connectivity index (χ0) is 22.1. The number of nitrogens with one attached hydrogen (secondary N) is 2. The van der Waals surface area contributed by atoms with Gasteiger partial charge >= 0.3 is 0 Å². The first-order chi connectivity index (χ1) is 15.0. The number of carbonyl (C=O) groups is 2. The van der Waals surface area contributed by atoms with Crippen LogP contribution in [0.5, 0.6) is 0 Å². The molecule has 2 aromatic carbocycles. The normalized spacial score (nSPS) is 15.1. The lowest BCUT2D eigenvalue weighted by Crippen LogP contribution is -2.45. The second-order valence-electron chi connectivity index (χ2n) is 8.33. The molecule has 2 N–H and O–H groups in total. The molecule has 1 fully saturated rings. The molecule has 2 amide bonds. The van der Waals surface area contributed by atoms with Gasteiger partial charge in [-0.1, -0.05) is 42.5 Å². The summed E-state index contributed by atoms with van der Waals surface area (Å²) in [5.74, 6) is 0.246. The first kappa shape index (κ1) is 23.4. The quantitative estimate of drug-likeness (QED) is 0.585. The van der Waals surface area contributed by atoms with Crippen LogP contribution in [-0.4, -0.2) is 54.2 Å². The maximum atomic E-state index is 12.9. The van der Waals surface area contributed by atoms with Gasteiger partial charge < -0.3 is 15.5 Å². The lowest BCUT2D eigenvalue weighted by Gasteiger charge is -2.32. The van der Waals surface area contributed by atoms with Gasteiger partial charge in [0.05, 0.1) is 11.3 Å². The summed E-state index contributed by atoms with van der Waals surface area (Å²) in [4.78, 5) is 28.2. The zero-order valence-corrected chi connectivity index (χ0v) is 19.3. The van der Waals surface area contributed by atoms with Gasteiger partial charge in [-0.3, -0.25) is 9.59 Å². The van der Waals surface area contributed by atoms with Crippen molar-refractivity contribution in [1.82, 2.24) is 15.5 Å². The van der Waals surface area contributed by atoms with Crippen LogP contribution in [0.2, 0.25) is 0 Å². The molecule has 0 atom stereocenters. The maximum absolute atomic E-state index is 12.9. The average molecular weight is 440 g/mol. The van der Waals surface area contributed by atoms with Crippen molar-refractivity contribution in [1.29, 1.82) is 0 Å². The number of likely N-dealkylation sites (tertiary alicyclic amines) is 1. The van der Waals surface area contributed by atoms with Gasteiger partial charge in [-0.2, -0.15) is 0 Å². The summed E-state index contributed by atoms with van der Waals surface area (Å²) in [6.07, 6.45) is 2.99. The molecule has 0 aromatic heterocycles. The monoisotopic (exact) mass is 439 g/mol. The van der Waals surface area contributed by atoms with Gasteiger partial charge in [0.25, 0.3) is 5.91 Å². The van der Waals surface area contributed by atoms with Gasteiger partial charge in [-0.15, -0.1) is 11.8 Å². The Morgan fingerprint density at radius 1 is 1.03 bits per heavy atom. The van der Waals surface area contributed by atoms with Crippen molar-refractivity contribution in [2.45, 2.75) is 50.1 Å². The highest BCUT2D eigenvalue weighted by atomic mass is 32.2. The second kappa shape index (κ2) is 11.9. The Morgan fingerprint density at radius 3 is 2.42 bits per heavy atom. The number of hydrogen-bond acceptors (Lipinski definition) is 4. The van der Waals surface area contributed by atoms with Crippen LogP contribution >= 0.6 is 11.8 Å². The van der Waals surface area contributed by atoms with Crippen LogP contribution in [0.1, 0.15) is 42.6 Å². The Bertz CT molecular complexity index is 849. The van der Waals surface area contributed by atoms with E-state index in [9.17, 15) is 9.59 Å². The van der Waals surface area contributed by atoms with E-state index in [1.54, 1.807) is 0 Å². The molecule has 6 heteroatoms. The predicted octanol–water partition coefficient (Wildman–Crippen LogP) is 3.74.